The Morgan fingerprint density at radius 1 is 1.44 bits per heavy atom. The largest absolute Gasteiger partial charge is 0.484 e. The summed E-state index contributed by atoms with van der Waals surface area (Å²) in [5, 5.41) is 0. The van der Waals surface area contributed by atoms with Crippen LogP contribution in [0.15, 0.2) is 24.5 Å². The number of rotatable bonds is 5. The molecule has 0 bridgehead atoms. The molecule has 1 aliphatic carbocycles. The van der Waals surface area contributed by atoms with Gasteiger partial charge in [-0.25, -0.2) is 0 Å². The molecule has 6 heteroatoms. The molecule has 3 fully saturated rings. The van der Waals surface area contributed by atoms with Crippen LogP contribution in [-0.4, -0.2) is 59.9 Å². The van der Waals surface area contributed by atoms with Gasteiger partial charge in [-0.05, 0) is 44.2 Å². The van der Waals surface area contributed by atoms with Gasteiger partial charge in [-0.15, -0.1) is 0 Å². The highest BCUT2D eigenvalue weighted by atomic mass is 16.5. The van der Waals surface area contributed by atoms with Crippen molar-refractivity contribution in [2.75, 3.05) is 20.3 Å². The van der Waals surface area contributed by atoms with E-state index in [2.05, 4.69) is 4.98 Å². The van der Waals surface area contributed by atoms with Gasteiger partial charge in [0.2, 0.25) is 5.91 Å². The van der Waals surface area contributed by atoms with Crippen LogP contribution in [0.4, 0.5) is 0 Å². The first-order chi connectivity index (χ1) is 12.2. The van der Waals surface area contributed by atoms with Crippen LogP contribution in [0.1, 0.15) is 38.5 Å². The molecule has 1 amide bonds. The van der Waals surface area contributed by atoms with E-state index >= 15 is 0 Å². The lowest BCUT2D eigenvalue weighted by Gasteiger charge is -2.41. The number of carbonyl (C=O) groups is 1. The van der Waals surface area contributed by atoms with Gasteiger partial charge in [0.25, 0.3) is 0 Å². The molecule has 3 aliphatic rings. The molecule has 3 atom stereocenters. The summed E-state index contributed by atoms with van der Waals surface area (Å²) in [6, 6.07) is 3.85. The molecular weight excluding hydrogens is 320 g/mol. The van der Waals surface area contributed by atoms with Gasteiger partial charge in [0.1, 0.15) is 18.0 Å². The summed E-state index contributed by atoms with van der Waals surface area (Å²) in [6.07, 6.45) is 8.75. The third-order valence-electron chi connectivity index (χ3n) is 5.89. The molecule has 1 aromatic rings. The Balaban J connectivity index is 1.47. The van der Waals surface area contributed by atoms with Crippen LogP contribution in [0, 0.1) is 0 Å². The molecule has 0 radical (unpaired) electrons. The number of pyridine rings is 1. The van der Waals surface area contributed by atoms with Crippen LogP contribution in [0.3, 0.4) is 0 Å². The summed E-state index contributed by atoms with van der Waals surface area (Å²) in [5.41, 5.74) is -0.246. The summed E-state index contributed by atoms with van der Waals surface area (Å²) in [7, 11) is 1.72. The summed E-state index contributed by atoms with van der Waals surface area (Å²) in [6.45, 7) is 1.31. The first-order valence-corrected chi connectivity index (χ1v) is 9.24. The van der Waals surface area contributed by atoms with Crippen molar-refractivity contribution in [2.45, 2.75) is 62.4 Å². The van der Waals surface area contributed by atoms with Gasteiger partial charge in [-0.3, -0.25) is 9.78 Å². The molecule has 1 aromatic heterocycles. The second-order valence-corrected chi connectivity index (χ2v) is 7.35. The van der Waals surface area contributed by atoms with Crippen molar-refractivity contribution in [3.05, 3.63) is 24.5 Å². The van der Waals surface area contributed by atoms with E-state index in [0.29, 0.717) is 13.0 Å². The Morgan fingerprint density at radius 2 is 2.32 bits per heavy atom. The molecule has 3 heterocycles. The number of hydrogen-bond donors (Lipinski definition) is 0. The second kappa shape index (κ2) is 6.92. The van der Waals surface area contributed by atoms with Crippen molar-refractivity contribution in [2.24, 2.45) is 0 Å². The quantitative estimate of drug-likeness (QED) is 0.818. The van der Waals surface area contributed by atoms with Gasteiger partial charge in [-0.1, -0.05) is 0 Å². The fourth-order valence-corrected chi connectivity index (χ4v) is 4.29. The molecule has 0 N–H and O–H groups in total. The molecule has 0 unspecified atom stereocenters. The van der Waals surface area contributed by atoms with E-state index in [-0.39, 0.29) is 29.8 Å². The Kier molecular flexibility index (Phi) is 4.65. The van der Waals surface area contributed by atoms with Crippen molar-refractivity contribution in [3.63, 3.8) is 0 Å². The number of fused-ring (bicyclic) bond motifs is 1. The normalized spacial score (nSPS) is 30.4. The van der Waals surface area contributed by atoms with E-state index in [1.165, 1.54) is 0 Å². The van der Waals surface area contributed by atoms with E-state index in [9.17, 15) is 4.79 Å². The zero-order chi connectivity index (χ0) is 17.3. The van der Waals surface area contributed by atoms with Crippen molar-refractivity contribution in [1.82, 2.24) is 9.88 Å². The van der Waals surface area contributed by atoms with Gasteiger partial charge in [0.05, 0.1) is 30.8 Å². The number of aromatic nitrogens is 1. The molecule has 0 spiro atoms. The van der Waals surface area contributed by atoms with E-state index in [1.807, 2.05) is 17.0 Å². The molecule has 4 rings (SSSR count). The predicted octanol–water partition coefficient (Wildman–Crippen LogP) is 2.18. The van der Waals surface area contributed by atoms with Crippen molar-refractivity contribution in [1.29, 1.82) is 0 Å². The van der Waals surface area contributed by atoms with Crippen LogP contribution in [-0.2, 0) is 14.3 Å². The molecule has 2 saturated heterocycles. The van der Waals surface area contributed by atoms with Crippen molar-refractivity contribution < 1.29 is 19.0 Å². The van der Waals surface area contributed by atoms with Crippen LogP contribution < -0.4 is 4.74 Å². The summed E-state index contributed by atoms with van der Waals surface area (Å²) in [5.74, 6) is 0.890. The Labute approximate surface area is 148 Å². The van der Waals surface area contributed by atoms with E-state index in [0.717, 1.165) is 44.5 Å². The monoisotopic (exact) mass is 346 g/mol. The van der Waals surface area contributed by atoms with E-state index in [1.54, 1.807) is 19.5 Å². The van der Waals surface area contributed by atoms with Gasteiger partial charge in [-0.2, -0.15) is 0 Å². The first-order valence-electron chi connectivity index (χ1n) is 9.24. The van der Waals surface area contributed by atoms with Gasteiger partial charge in [0.15, 0.2) is 0 Å². The Bertz CT molecular complexity index is 599. The standard InChI is InChI=1S/C19H26N2O4/c1-23-19(7-4-8-19)11-17(22)21-13-16(18-15(21)6-3-10-24-18)25-14-5-2-9-20-12-14/h2,5,9,12,15-16,18H,3-4,6-8,10-11,13H2,1H3/t15-,16+,18+/m1/s1. The zero-order valence-electron chi connectivity index (χ0n) is 14.7. The number of amides is 1. The van der Waals surface area contributed by atoms with Crippen molar-refractivity contribution >= 4 is 5.91 Å². The average Bonchev–Trinajstić information content (AvgIpc) is 2.98. The highest BCUT2D eigenvalue weighted by molar-refractivity contribution is 5.78. The zero-order valence-corrected chi connectivity index (χ0v) is 14.7. The van der Waals surface area contributed by atoms with Crippen LogP contribution in [0.2, 0.25) is 0 Å². The maximum absolute atomic E-state index is 13.0. The highest BCUT2D eigenvalue weighted by Crippen LogP contribution is 2.40. The lowest BCUT2D eigenvalue weighted by atomic mass is 9.77. The minimum atomic E-state index is -0.246. The minimum absolute atomic E-state index is 0.0576. The summed E-state index contributed by atoms with van der Waals surface area (Å²) in [4.78, 5) is 19.1. The summed E-state index contributed by atoms with van der Waals surface area (Å²) >= 11 is 0. The predicted molar refractivity (Wildman–Crippen MR) is 91.3 cm³/mol. The molecule has 6 nitrogen and oxygen atoms in total. The number of hydrogen-bond acceptors (Lipinski definition) is 5. The molecular formula is C19H26N2O4. The molecule has 0 aromatic carbocycles. The fourth-order valence-electron chi connectivity index (χ4n) is 4.29. The lowest BCUT2D eigenvalue weighted by Crippen LogP contribution is -2.48. The van der Waals surface area contributed by atoms with Gasteiger partial charge >= 0.3 is 0 Å². The number of carbonyl (C=O) groups excluding carboxylic acids is 1. The molecule has 2 aliphatic heterocycles. The molecule has 25 heavy (non-hydrogen) atoms. The Morgan fingerprint density at radius 3 is 3.00 bits per heavy atom. The minimum Gasteiger partial charge on any atom is -0.484 e. The number of nitrogens with zero attached hydrogens (tertiary/aromatic N) is 2. The third kappa shape index (κ3) is 3.25. The third-order valence-corrected chi connectivity index (χ3v) is 5.89. The smallest absolute Gasteiger partial charge is 0.225 e. The SMILES string of the molecule is COC1(CC(=O)N2C[C@H](Oc3cccnc3)[C@H]3OCCC[C@H]32)CCC1. The van der Waals surface area contributed by atoms with Crippen LogP contribution in [0.25, 0.3) is 0 Å². The van der Waals surface area contributed by atoms with E-state index in [4.69, 9.17) is 14.2 Å². The van der Waals surface area contributed by atoms with Gasteiger partial charge in [0, 0.05) is 19.9 Å². The first kappa shape index (κ1) is 16.8. The van der Waals surface area contributed by atoms with Crippen LogP contribution >= 0.6 is 0 Å². The Hall–Kier alpha value is -1.66. The summed E-state index contributed by atoms with van der Waals surface area (Å²) < 4.78 is 17.7. The van der Waals surface area contributed by atoms with Crippen LogP contribution in [0.5, 0.6) is 5.75 Å². The average molecular weight is 346 g/mol. The van der Waals surface area contributed by atoms with Crippen molar-refractivity contribution in [3.8, 4) is 5.75 Å². The number of likely N-dealkylation sites (tertiary alicyclic amines) is 1. The maximum atomic E-state index is 13.0. The van der Waals surface area contributed by atoms with Gasteiger partial charge < -0.3 is 19.1 Å². The molecule has 136 valence electrons. The maximum Gasteiger partial charge on any atom is 0.225 e. The number of methoxy groups -OCH3 is 1. The van der Waals surface area contributed by atoms with E-state index < -0.39 is 0 Å². The lowest BCUT2D eigenvalue weighted by molar-refractivity contribution is -0.147. The number of ether oxygens (including phenoxy) is 3. The fraction of sp³-hybridized carbons (Fsp3) is 0.684. The highest BCUT2D eigenvalue weighted by Gasteiger charge is 2.49. The topological polar surface area (TPSA) is 60.9 Å². The molecule has 1 saturated carbocycles. The second-order valence-electron chi connectivity index (χ2n) is 7.35.